The molecule has 17 heavy (non-hydrogen) atoms. The fraction of sp³-hybridized carbons (Fsp3) is 0.500. The monoisotopic (exact) mass is 254 g/mol. The summed E-state index contributed by atoms with van der Waals surface area (Å²) >= 11 is 1.79. The molecule has 0 saturated carbocycles. The lowest BCUT2D eigenvalue weighted by atomic mass is 10.0. The van der Waals surface area contributed by atoms with Crippen molar-refractivity contribution in [1.82, 2.24) is 5.32 Å². The second kappa shape index (κ2) is 7.29. The number of thioether (sulfide) groups is 1. The van der Waals surface area contributed by atoms with Crippen LogP contribution in [-0.4, -0.2) is 23.5 Å². The summed E-state index contributed by atoms with van der Waals surface area (Å²) in [6.07, 6.45) is 2.99. The maximum atomic E-state index is 10.7. The Bertz CT molecular complexity index is 371. The molecular formula is C12H18N2O2S. The average Bonchev–Trinajstić information content (AvgIpc) is 2.35. The third-order valence-corrected chi connectivity index (χ3v) is 3.20. The molecule has 94 valence electrons. The van der Waals surface area contributed by atoms with E-state index in [1.165, 1.54) is 6.07 Å². The second-order valence-electron chi connectivity index (χ2n) is 3.76. The van der Waals surface area contributed by atoms with Gasteiger partial charge in [-0.1, -0.05) is 19.1 Å². The molecule has 0 amide bonds. The zero-order valence-corrected chi connectivity index (χ0v) is 11.0. The van der Waals surface area contributed by atoms with Crippen LogP contribution >= 0.6 is 11.8 Å². The molecule has 4 nitrogen and oxygen atoms in total. The van der Waals surface area contributed by atoms with E-state index in [9.17, 15) is 10.1 Å². The first kappa shape index (κ1) is 14.0. The van der Waals surface area contributed by atoms with Crippen molar-refractivity contribution in [1.29, 1.82) is 0 Å². The minimum Gasteiger partial charge on any atom is -0.309 e. The molecule has 1 unspecified atom stereocenters. The Morgan fingerprint density at radius 2 is 2.29 bits per heavy atom. The Balaban J connectivity index is 2.73. The van der Waals surface area contributed by atoms with Gasteiger partial charge in [0.2, 0.25) is 0 Å². The van der Waals surface area contributed by atoms with E-state index in [0.717, 1.165) is 24.3 Å². The van der Waals surface area contributed by atoms with Crippen LogP contribution in [0.3, 0.4) is 0 Å². The van der Waals surface area contributed by atoms with Gasteiger partial charge in [0.15, 0.2) is 0 Å². The largest absolute Gasteiger partial charge is 0.309 e. The van der Waals surface area contributed by atoms with Crippen molar-refractivity contribution < 1.29 is 4.92 Å². The van der Waals surface area contributed by atoms with Crippen LogP contribution in [0, 0.1) is 10.1 Å². The molecule has 0 aliphatic heterocycles. The predicted octanol–water partition coefficient (Wildman–Crippen LogP) is 3.00. The minimum atomic E-state index is -0.349. The van der Waals surface area contributed by atoms with Crippen LogP contribution in [0.25, 0.3) is 0 Å². The van der Waals surface area contributed by atoms with E-state index in [1.807, 2.05) is 6.07 Å². The van der Waals surface area contributed by atoms with Crippen molar-refractivity contribution in [2.45, 2.75) is 19.4 Å². The number of nitro groups is 1. The zero-order valence-electron chi connectivity index (χ0n) is 10.2. The fourth-order valence-corrected chi connectivity index (χ4v) is 2.01. The Labute approximate surface area is 106 Å². The number of benzene rings is 1. The molecule has 0 heterocycles. The lowest BCUT2D eigenvalue weighted by molar-refractivity contribution is -0.384. The van der Waals surface area contributed by atoms with Crippen molar-refractivity contribution in [2.24, 2.45) is 0 Å². The maximum Gasteiger partial charge on any atom is 0.269 e. The van der Waals surface area contributed by atoms with Crippen molar-refractivity contribution in [2.75, 3.05) is 18.6 Å². The first-order chi connectivity index (χ1) is 8.19. The molecule has 0 aromatic heterocycles. The lowest BCUT2D eigenvalue weighted by Crippen LogP contribution is -2.23. The summed E-state index contributed by atoms with van der Waals surface area (Å²) in [5.74, 6) is 1.05. The van der Waals surface area contributed by atoms with Gasteiger partial charge >= 0.3 is 0 Å². The molecule has 0 aliphatic carbocycles. The van der Waals surface area contributed by atoms with E-state index in [1.54, 1.807) is 23.9 Å². The Morgan fingerprint density at radius 3 is 2.88 bits per heavy atom. The summed E-state index contributed by atoms with van der Waals surface area (Å²) in [5, 5.41) is 14.1. The molecule has 0 saturated heterocycles. The van der Waals surface area contributed by atoms with Gasteiger partial charge in [-0.3, -0.25) is 10.1 Å². The van der Waals surface area contributed by atoms with Crippen molar-refractivity contribution in [3.05, 3.63) is 39.9 Å². The fourth-order valence-electron chi connectivity index (χ4n) is 1.69. The first-order valence-corrected chi connectivity index (χ1v) is 7.05. The van der Waals surface area contributed by atoms with Crippen molar-refractivity contribution >= 4 is 17.4 Å². The highest BCUT2D eigenvalue weighted by atomic mass is 32.2. The molecule has 0 fully saturated rings. The standard InChI is InChI=1S/C12H18N2O2S/c1-3-12(13-7-8-17-2)10-5-4-6-11(9-10)14(15)16/h4-6,9,12-13H,3,7-8H2,1-2H3. The third kappa shape index (κ3) is 4.36. The van der Waals surface area contributed by atoms with E-state index in [4.69, 9.17) is 0 Å². The van der Waals surface area contributed by atoms with Crippen LogP contribution in [0.2, 0.25) is 0 Å². The molecule has 1 aromatic rings. The molecule has 1 aromatic carbocycles. The van der Waals surface area contributed by atoms with Crippen LogP contribution in [0.15, 0.2) is 24.3 Å². The van der Waals surface area contributed by atoms with Crippen LogP contribution in [0.4, 0.5) is 5.69 Å². The lowest BCUT2D eigenvalue weighted by Gasteiger charge is -2.16. The van der Waals surface area contributed by atoms with Crippen molar-refractivity contribution in [3.63, 3.8) is 0 Å². The molecular weight excluding hydrogens is 236 g/mol. The summed E-state index contributed by atoms with van der Waals surface area (Å²) < 4.78 is 0. The SMILES string of the molecule is CCC(NCCSC)c1cccc([N+](=O)[O-])c1. The predicted molar refractivity (Wildman–Crippen MR) is 72.5 cm³/mol. The number of hydrogen-bond donors (Lipinski definition) is 1. The highest BCUT2D eigenvalue weighted by molar-refractivity contribution is 7.98. The van der Waals surface area contributed by atoms with Crippen LogP contribution < -0.4 is 5.32 Å². The summed E-state index contributed by atoms with van der Waals surface area (Å²) in [5.41, 5.74) is 1.15. The summed E-state index contributed by atoms with van der Waals surface area (Å²) in [7, 11) is 0. The number of nitro benzene ring substituents is 1. The molecule has 0 spiro atoms. The van der Waals surface area contributed by atoms with E-state index in [2.05, 4.69) is 18.5 Å². The van der Waals surface area contributed by atoms with Gasteiger partial charge in [-0.15, -0.1) is 0 Å². The molecule has 1 N–H and O–H groups in total. The van der Waals surface area contributed by atoms with Crippen LogP contribution in [-0.2, 0) is 0 Å². The van der Waals surface area contributed by atoms with Gasteiger partial charge in [0.1, 0.15) is 0 Å². The highest BCUT2D eigenvalue weighted by Crippen LogP contribution is 2.21. The molecule has 5 heteroatoms. The third-order valence-electron chi connectivity index (χ3n) is 2.59. The van der Waals surface area contributed by atoms with E-state index >= 15 is 0 Å². The molecule has 0 bridgehead atoms. The summed E-state index contributed by atoms with van der Waals surface area (Å²) in [4.78, 5) is 10.4. The normalized spacial score (nSPS) is 12.4. The van der Waals surface area contributed by atoms with Gasteiger partial charge in [-0.2, -0.15) is 11.8 Å². The van der Waals surface area contributed by atoms with Gasteiger partial charge in [-0.25, -0.2) is 0 Å². The van der Waals surface area contributed by atoms with E-state index < -0.39 is 0 Å². The smallest absolute Gasteiger partial charge is 0.269 e. The second-order valence-corrected chi connectivity index (χ2v) is 4.75. The van der Waals surface area contributed by atoms with Crippen LogP contribution in [0.5, 0.6) is 0 Å². The molecule has 1 rings (SSSR count). The topological polar surface area (TPSA) is 55.2 Å². The number of rotatable bonds is 7. The van der Waals surface area contributed by atoms with Crippen LogP contribution in [0.1, 0.15) is 24.9 Å². The van der Waals surface area contributed by atoms with Gasteiger partial charge in [0.05, 0.1) is 4.92 Å². The quantitative estimate of drug-likeness (QED) is 0.461. The Morgan fingerprint density at radius 1 is 1.53 bits per heavy atom. The molecule has 0 aliphatic rings. The number of non-ortho nitro benzene ring substituents is 1. The number of nitrogens with one attached hydrogen (secondary N) is 1. The van der Waals surface area contributed by atoms with Gasteiger partial charge in [0.25, 0.3) is 5.69 Å². The van der Waals surface area contributed by atoms with Gasteiger partial charge in [-0.05, 0) is 18.2 Å². The highest BCUT2D eigenvalue weighted by Gasteiger charge is 2.12. The molecule has 1 atom stereocenters. The Hall–Kier alpha value is -1.07. The summed E-state index contributed by atoms with van der Waals surface area (Å²) in [6.45, 7) is 3.00. The van der Waals surface area contributed by atoms with Gasteiger partial charge < -0.3 is 5.32 Å². The number of hydrogen-bond acceptors (Lipinski definition) is 4. The summed E-state index contributed by atoms with van der Waals surface area (Å²) in [6, 6.07) is 7.06. The minimum absolute atomic E-state index is 0.160. The molecule has 0 radical (unpaired) electrons. The average molecular weight is 254 g/mol. The Kier molecular flexibility index (Phi) is 6.00. The van der Waals surface area contributed by atoms with Crippen molar-refractivity contribution in [3.8, 4) is 0 Å². The first-order valence-electron chi connectivity index (χ1n) is 5.65. The number of nitrogens with zero attached hydrogens (tertiary/aromatic N) is 1. The van der Waals surface area contributed by atoms with E-state index in [-0.39, 0.29) is 16.7 Å². The maximum absolute atomic E-state index is 10.7. The zero-order chi connectivity index (χ0) is 12.7. The van der Waals surface area contributed by atoms with E-state index in [0.29, 0.717) is 0 Å². The van der Waals surface area contributed by atoms with Gasteiger partial charge in [0, 0.05) is 30.5 Å².